The first-order valence-electron chi connectivity index (χ1n) is 14.7. The molecule has 1 atom stereocenters. The SMILES string of the molecule is Cl.O=C1CCC(N2Cc3c(NC(=O)CCOCCOCCOCCOCCOC4CCNCC4)cccc3C2=O)C(=O)N1. The molecule has 2 saturated heterocycles. The quantitative estimate of drug-likeness (QED) is 0.159. The van der Waals surface area contributed by atoms with Crippen LogP contribution in [0.4, 0.5) is 5.69 Å². The summed E-state index contributed by atoms with van der Waals surface area (Å²) in [5.74, 6) is -1.34. The van der Waals surface area contributed by atoms with Gasteiger partial charge in [0.05, 0.1) is 72.0 Å². The molecule has 14 heteroatoms. The van der Waals surface area contributed by atoms with E-state index in [9.17, 15) is 19.2 Å². The summed E-state index contributed by atoms with van der Waals surface area (Å²) in [5, 5.41) is 8.45. The highest BCUT2D eigenvalue weighted by atomic mass is 35.5. The zero-order valence-corrected chi connectivity index (χ0v) is 25.3. The summed E-state index contributed by atoms with van der Waals surface area (Å²) in [5.41, 5.74) is 1.63. The Morgan fingerprint density at radius 3 is 2.14 bits per heavy atom. The Morgan fingerprint density at radius 1 is 0.860 bits per heavy atom. The lowest BCUT2D eigenvalue weighted by Crippen LogP contribution is -2.52. The summed E-state index contributed by atoms with van der Waals surface area (Å²) in [6.07, 6.45) is 3.06. The van der Waals surface area contributed by atoms with Crippen LogP contribution in [0.15, 0.2) is 18.2 Å². The standard InChI is InChI=1S/C29H42N4O9.ClH/c34-26-5-4-25(28(36)32-26)33-20-23-22(29(33)37)2-1-3-24(23)31-27(35)8-11-38-12-13-39-14-15-40-16-17-41-18-19-42-21-6-9-30-10-7-21;/h1-3,21,25,30H,4-20H2,(H,31,35)(H,32,34,36);1H. The average Bonchev–Trinajstić information content (AvgIpc) is 3.32. The number of anilines is 1. The summed E-state index contributed by atoms with van der Waals surface area (Å²) in [6, 6.07) is 4.39. The first kappa shape index (κ1) is 34.8. The maximum atomic E-state index is 12.9. The Kier molecular flexibility index (Phi) is 15.3. The summed E-state index contributed by atoms with van der Waals surface area (Å²) in [7, 11) is 0. The van der Waals surface area contributed by atoms with Gasteiger partial charge < -0.3 is 39.2 Å². The normalized spacial score (nSPS) is 18.7. The van der Waals surface area contributed by atoms with Crippen LogP contribution in [-0.4, -0.2) is 113 Å². The lowest BCUT2D eigenvalue weighted by atomic mass is 10.0. The van der Waals surface area contributed by atoms with E-state index >= 15 is 0 Å². The van der Waals surface area contributed by atoms with Gasteiger partial charge >= 0.3 is 0 Å². The second-order valence-corrected chi connectivity index (χ2v) is 10.3. The number of amides is 4. The van der Waals surface area contributed by atoms with Crippen molar-refractivity contribution in [3.8, 4) is 0 Å². The van der Waals surface area contributed by atoms with Gasteiger partial charge in [-0.25, -0.2) is 0 Å². The summed E-state index contributed by atoms with van der Waals surface area (Å²) < 4.78 is 27.8. The van der Waals surface area contributed by atoms with Crippen LogP contribution in [0.3, 0.4) is 0 Å². The van der Waals surface area contributed by atoms with Crippen molar-refractivity contribution in [1.29, 1.82) is 0 Å². The smallest absolute Gasteiger partial charge is 0.255 e. The molecule has 0 bridgehead atoms. The molecule has 0 spiro atoms. The Hall–Kier alpha value is -2.65. The Labute approximate surface area is 258 Å². The minimum Gasteiger partial charge on any atom is -0.379 e. The van der Waals surface area contributed by atoms with E-state index in [1.165, 1.54) is 4.90 Å². The van der Waals surface area contributed by atoms with E-state index < -0.39 is 11.9 Å². The number of benzene rings is 1. The van der Waals surface area contributed by atoms with Crippen molar-refractivity contribution in [3.63, 3.8) is 0 Å². The van der Waals surface area contributed by atoms with Gasteiger partial charge in [-0.15, -0.1) is 12.4 Å². The minimum absolute atomic E-state index is 0. The van der Waals surface area contributed by atoms with Gasteiger partial charge in [-0.3, -0.25) is 24.5 Å². The number of carbonyl (C=O) groups is 4. The second-order valence-electron chi connectivity index (χ2n) is 10.3. The van der Waals surface area contributed by atoms with Crippen molar-refractivity contribution in [2.75, 3.05) is 77.9 Å². The fourth-order valence-corrected chi connectivity index (χ4v) is 5.08. The third-order valence-corrected chi connectivity index (χ3v) is 7.31. The molecule has 3 aliphatic heterocycles. The molecule has 43 heavy (non-hydrogen) atoms. The van der Waals surface area contributed by atoms with Crippen molar-refractivity contribution in [3.05, 3.63) is 29.3 Å². The molecular weight excluding hydrogens is 584 g/mol. The molecule has 3 heterocycles. The number of fused-ring (bicyclic) bond motifs is 1. The van der Waals surface area contributed by atoms with Gasteiger partial charge in [0.2, 0.25) is 17.7 Å². The van der Waals surface area contributed by atoms with E-state index in [0.29, 0.717) is 75.8 Å². The van der Waals surface area contributed by atoms with Gasteiger partial charge in [0.25, 0.3) is 5.91 Å². The van der Waals surface area contributed by atoms with Crippen LogP contribution in [0.5, 0.6) is 0 Å². The van der Waals surface area contributed by atoms with E-state index in [1.807, 2.05) is 0 Å². The number of imide groups is 1. The number of rotatable bonds is 18. The van der Waals surface area contributed by atoms with Gasteiger partial charge in [-0.1, -0.05) is 6.07 Å². The van der Waals surface area contributed by atoms with Gasteiger partial charge in [0.1, 0.15) is 6.04 Å². The van der Waals surface area contributed by atoms with Crippen molar-refractivity contribution in [2.24, 2.45) is 0 Å². The Balaban J connectivity index is 0.00000506. The van der Waals surface area contributed by atoms with Crippen LogP contribution in [0.1, 0.15) is 48.0 Å². The lowest BCUT2D eigenvalue weighted by molar-refractivity contribution is -0.137. The first-order valence-corrected chi connectivity index (χ1v) is 14.7. The molecule has 0 saturated carbocycles. The van der Waals surface area contributed by atoms with Crippen molar-refractivity contribution in [1.82, 2.24) is 15.5 Å². The third-order valence-electron chi connectivity index (χ3n) is 7.31. The maximum absolute atomic E-state index is 12.9. The number of piperidine rings is 2. The van der Waals surface area contributed by atoms with Crippen molar-refractivity contribution in [2.45, 2.75) is 50.8 Å². The summed E-state index contributed by atoms with van der Waals surface area (Å²) in [4.78, 5) is 50.6. The zero-order valence-electron chi connectivity index (χ0n) is 24.4. The zero-order chi connectivity index (χ0) is 29.6. The Morgan fingerprint density at radius 2 is 1.49 bits per heavy atom. The number of hydrogen-bond donors (Lipinski definition) is 3. The molecular formula is C29H43ClN4O9. The minimum atomic E-state index is -0.707. The van der Waals surface area contributed by atoms with Crippen LogP contribution in [0.25, 0.3) is 0 Å². The Bertz CT molecular complexity index is 1070. The van der Waals surface area contributed by atoms with Crippen molar-refractivity contribution < 1.29 is 42.9 Å². The number of hydrogen-bond acceptors (Lipinski definition) is 10. The van der Waals surface area contributed by atoms with E-state index in [0.717, 1.165) is 25.9 Å². The van der Waals surface area contributed by atoms with Crippen LogP contribution in [0.2, 0.25) is 0 Å². The lowest BCUT2D eigenvalue weighted by Gasteiger charge is -2.29. The average molecular weight is 627 g/mol. The summed E-state index contributed by atoms with van der Waals surface area (Å²) >= 11 is 0. The van der Waals surface area contributed by atoms with Crippen molar-refractivity contribution >= 4 is 41.7 Å². The molecule has 240 valence electrons. The van der Waals surface area contributed by atoms with Crippen LogP contribution in [0, 0.1) is 0 Å². The number of nitrogens with zero attached hydrogens (tertiary/aromatic N) is 1. The first-order chi connectivity index (χ1) is 20.5. The van der Waals surface area contributed by atoms with Gasteiger partial charge in [0, 0.05) is 29.8 Å². The van der Waals surface area contributed by atoms with Gasteiger partial charge in [-0.05, 0) is 44.5 Å². The highest BCUT2D eigenvalue weighted by Crippen LogP contribution is 2.32. The molecule has 13 nitrogen and oxygen atoms in total. The number of halogens is 1. The topological polar surface area (TPSA) is 154 Å². The number of carbonyl (C=O) groups excluding carboxylic acids is 4. The molecule has 1 unspecified atom stereocenters. The molecule has 4 amide bonds. The van der Waals surface area contributed by atoms with Crippen LogP contribution in [-0.2, 0) is 44.6 Å². The predicted molar refractivity (Wildman–Crippen MR) is 158 cm³/mol. The maximum Gasteiger partial charge on any atom is 0.255 e. The number of ether oxygens (including phenoxy) is 5. The largest absolute Gasteiger partial charge is 0.379 e. The van der Waals surface area contributed by atoms with Gasteiger partial charge in [-0.2, -0.15) is 0 Å². The molecule has 1 aromatic rings. The fourth-order valence-electron chi connectivity index (χ4n) is 5.08. The molecule has 2 fully saturated rings. The third kappa shape index (κ3) is 11.1. The monoisotopic (exact) mass is 626 g/mol. The molecule has 4 rings (SSSR count). The van der Waals surface area contributed by atoms with E-state index in [1.54, 1.807) is 18.2 Å². The van der Waals surface area contributed by atoms with E-state index in [2.05, 4.69) is 16.0 Å². The highest BCUT2D eigenvalue weighted by molar-refractivity contribution is 6.06. The molecule has 0 aliphatic carbocycles. The predicted octanol–water partition coefficient (Wildman–Crippen LogP) is 1.03. The fraction of sp³-hybridized carbons (Fsp3) is 0.655. The van der Waals surface area contributed by atoms with Gasteiger partial charge in [0.15, 0.2) is 0 Å². The molecule has 0 radical (unpaired) electrons. The number of nitrogens with one attached hydrogen (secondary N) is 3. The van der Waals surface area contributed by atoms with E-state index in [-0.39, 0.29) is 62.5 Å². The molecule has 3 aliphatic rings. The summed E-state index contributed by atoms with van der Waals surface area (Å²) in [6.45, 7) is 6.27. The highest BCUT2D eigenvalue weighted by Gasteiger charge is 2.39. The van der Waals surface area contributed by atoms with Crippen LogP contribution >= 0.6 is 12.4 Å². The molecule has 1 aromatic carbocycles. The van der Waals surface area contributed by atoms with Crippen LogP contribution < -0.4 is 16.0 Å². The second kappa shape index (κ2) is 18.9. The molecule has 3 N–H and O–H groups in total. The van der Waals surface area contributed by atoms with E-state index in [4.69, 9.17) is 23.7 Å². The molecule has 0 aromatic heterocycles.